The van der Waals surface area contributed by atoms with Crippen LogP contribution in [-0.4, -0.2) is 84.2 Å². The van der Waals surface area contributed by atoms with Crippen LogP contribution in [0, 0.1) is 0 Å². The number of hydrogen-bond acceptors (Lipinski definition) is 5. The van der Waals surface area contributed by atoms with Crippen LogP contribution in [0.3, 0.4) is 0 Å². The number of ether oxygens (including phenoxy) is 3. The van der Waals surface area contributed by atoms with Crippen molar-refractivity contribution < 1.29 is 14.2 Å². The van der Waals surface area contributed by atoms with E-state index < -0.39 is 0 Å². The molecule has 1 aliphatic rings. The highest BCUT2D eigenvalue weighted by molar-refractivity contribution is 14.0. The van der Waals surface area contributed by atoms with Crippen LogP contribution in [0.2, 0.25) is 0 Å². The highest BCUT2D eigenvalue weighted by atomic mass is 127. The third-order valence-corrected chi connectivity index (χ3v) is 4.75. The van der Waals surface area contributed by atoms with Crippen LogP contribution in [0.15, 0.2) is 29.3 Å². The molecule has 0 aliphatic carbocycles. The number of halogens is 1. The average Bonchev–Trinajstić information content (AvgIpc) is 2.75. The van der Waals surface area contributed by atoms with Crippen LogP contribution in [-0.2, 0) is 9.47 Å². The molecule has 166 valence electrons. The second-order valence-electron chi connectivity index (χ2n) is 6.73. The predicted molar refractivity (Wildman–Crippen MR) is 130 cm³/mol. The van der Waals surface area contributed by atoms with Crippen molar-refractivity contribution in [3.05, 3.63) is 24.3 Å². The fraction of sp³-hybridized carbons (Fsp3) is 0.667. The summed E-state index contributed by atoms with van der Waals surface area (Å²) in [5, 5.41) is 3.39. The molecule has 1 fully saturated rings. The number of anilines is 1. The molecule has 0 bridgehead atoms. The van der Waals surface area contributed by atoms with Crippen LogP contribution in [0.25, 0.3) is 0 Å². The van der Waals surface area contributed by atoms with Crippen molar-refractivity contribution in [3.63, 3.8) is 0 Å². The SMILES string of the molecule is CCCCOCCOCCNC(=NC)N1CCN(c2cccc(OC)c2)CC1.I. The van der Waals surface area contributed by atoms with E-state index in [-0.39, 0.29) is 24.0 Å². The van der Waals surface area contributed by atoms with Crippen LogP contribution in [0.1, 0.15) is 19.8 Å². The Morgan fingerprint density at radius 1 is 1.07 bits per heavy atom. The number of nitrogens with zero attached hydrogens (tertiary/aromatic N) is 3. The van der Waals surface area contributed by atoms with Crippen molar-refractivity contribution >= 4 is 35.6 Å². The minimum absolute atomic E-state index is 0. The minimum atomic E-state index is 0. The fourth-order valence-electron chi connectivity index (χ4n) is 3.12. The molecule has 1 N–H and O–H groups in total. The summed E-state index contributed by atoms with van der Waals surface area (Å²) in [5.41, 5.74) is 1.21. The van der Waals surface area contributed by atoms with E-state index in [1.165, 1.54) is 5.69 Å². The molecule has 1 aromatic rings. The number of aliphatic imine (C=N–C) groups is 1. The predicted octanol–water partition coefficient (Wildman–Crippen LogP) is 2.84. The molecule has 0 saturated carbocycles. The molecular weight excluding hydrogens is 483 g/mol. The van der Waals surface area contributed by atoms with Gasteiger partial charge in [0.1, 0.15) is 5.75 Å². The Morgan fingerprint density at radius 2 is 1.79 bits per heavy atom. The first kappa shape index (κ1) is 25.8. The zero-order valence-electron chi connectivity index (χ0n) is 18.1. The average molecular weight is 520 g/mol. The molecule has 1 aliphatic heterocycles. The molecule has 7 nitrogen and oxygen atoms in total. The maximum Gasteiger partial charge on any atom is 0.193 e. The van der Waals surface area contributed by atoms with Gasteiger partial charge in [0.05, 0.1) is 26.9 Å². The van der Waals surface area contributed by atoms with Gasteiger partial charge in [0.15, 0.2) is 5.96 Å². The van der Waals surface area contributed by atoms with Crippen LogP contribution < -0.4 is 15.0 Å². The van der Waals surface area contributed by atoms with Crippen LogP contribution in [0.4, 0.5) is 5.69 Å². The van der Waals surface area contributed by atoms with Gasteiger partial charge in [0.25, 0.3) is 0 Å². The van der Waals surface area contributed by atoms with Crippen LogP contribution in [0.5, 0.6) is 5.75 Å². The fourth-order valence-corrected chi connectivity index (χ4v) is 3.12. The highest BCUT2D eigenvalue weighted by Gasteiger charge is 2.19. The summed E-state index contributed by atoms with van der Waals surface area (Å²) in [7, 11) is 3.54. The van der Waals surface area contributed by atoms with Gasteiger partial charge in [-0.05, 0) is 18.6 Å². The first-order chi connectivity index (χ1) is 13.8. The van der Waals surface area contributed by atoms with Crippen LogP contribution >= 0.6 is 24.0 Å². The first-order valence-electron chi connectivity index (χ1n) is 10.3. The first-order valence-corrected chi connectivity index (χ1v) is 10.3. The smallest absolute Gasteiger partial charge is 0.193 e. The van der Waals surface area contributed by atoms with Gasteiger partial charge in [-0.15, -0.1) is 24.0 Å². The molecular formula is C21H37IN4O3. The van der Waals surface area contributed by atoms with E-state index in [1.807, 2.05) is 19.2 Å². The Balaban J connectivity index is 0.00000420. The lowest BCUT2D eigenvalue weighted by Crippen LogP contribution is -2.53. The number of nitrogens with one attached hydrogen (secondary N) is 1. The molecule has 1 aromatic carbocycles. The monoisotopic (exact) mass is 520 g/mol. The van der Waals surface area contributed by atoms with Crippen molar-refractivity contribution in [1.82, 2.24) is 10.2 Å². The Kier molecular flexibility index (Phi) is 13.8. The molecule has 0 radical (unpaired) electrons. The number of benzene rings is 1. The molecule has 0 atom stereocenters. The second kappa shape index (κ2) is 15.6. The quantitative estimate of drug-likeness (QED) is 0.210. The molecule has 0 unspecified atom stereocenters. The van der Waals surface area contributed by atoms with Gasteiger partial charge in [-0.25, -0.2) is 0 Å². The Hall–Kier alpha value is -1.26. The van der Waals surface area contributed by atoms with E-state index in [9.17, 15) is 0 Å². The number of guanidine groups is 1. The molecule has 1 saturated heterocycles. The van der Waals surface area contributed by atoms with Gasteiger partial charge in [0, 0.05) is 58.1 Å². The van der Waals surface area contributed by atoms with E-state index in [1.54, 1.807) is 7.11 Å². The Morgan fingerprint density at radius 3 is 2.45 bits per heavy atom. The van der Waals surface area contributed by atoms with Gasteiger partial charge in [-0.2, -0.15) is 0 Å². The van der Waals surface area contributed by atoms with Gasteiger partial charge >= 0.3 is 0 Å². The Bertz CT molecular complexity index is 581. The maximum absolute atomic E-state index is 5.61. The van der Waals surface area contributed by atoms with E-state index in [0.29, 0.717) is 19.8 Å². The molecule has 1 heterocycles. The molecule has 29 heavy (non-hydrogen) atoms. The number of rotatable bonds is 11. The largest absolute Gasteiger partial charge is 0.497 e. The lowest BCUT2D eigenvalue weighted by molar-refractivity contribution is 0.0486. The van der Waals surface area contributed by atoms with Crippen molar-refractivity contribution in [3.8, 4) is 5.75 Å². The third-order valence-electron chi connectivity index (χ3n) is 4.75. The third kappa shape index (κ3) is 9.39. The topological polar surface area (TPSA) is 58.6 Å². The lowest BCUT2D eigenvalue weighted by Gasteiger charge is -2.37. The van der Waals surface area contributed by atoms with Gasteiger partial charge < -0.3 is 29.3 Å². The van der Waals surface area contributed by atoms with Crippen molar-refractivity contribution in [2.45, 2.75) is 19.8 Å². The van der Waals surface area contributed by atoms with E-state index in [0.717, 1.165) is 63.9 Å². The summed E-state index contributed by atoms with van der Waals surface area (Å²) < 4.78 is 16.4. The summed E-state index contributed by atoms with van der Waals surface area (Å²) in [6.07, 6.45) is 2.28. The number of methoxy groups -OCH3 is 1. The van der Waals surface area contributed by atoms with Gasteiger partial charge in [0.2, 0.25) is 0 Å². The molecule has 8 heteroatoms. The summed E-state index contributed by atoms with van der Waals surface area (Å²) >= 11 is 0. The number of unbranched alkanes of at least 4 members (excludes halogenated alkanes) is 1. The zero-order valence-corrected chi connectivity index (χ0v) is 20.4. The van der Waals surface area contributed by atoms with Crippen molar-refractivity contribution in [1.29, 1.82) is 0 Å². The second-order valence-corrected chi connectivity index (χ2v) is 6.73. The summed E-state index contributed by atoms with van der Waals surface area (Å²) in [6.45, 7) is 9.48. The van der Waals surface area contributed by atoms with Gasteiger partial charge in [-0.1, -0.05) is 19.4 Å². The van der Waals surface area contributed by atoms with Crippen molar-refractivity contribution in [2.24, 2.45) is 4.99 Å². The van der Waals surface area contributed by atoms with E-state index >= 15 is 0 Å². The Labute approximate surface area is 192 Å². The number of piperazine rings is 1. The van der Waals surface area contributed by atoms with Gasteiger partial charge in [-0.3, -0.25) is 4.99 Å². The molecule has 0 amide bonds. The standard InChI is InChI=1S/C21H36N4O3.HI/c1-4-5-14-27-16-17-28-15-9-23-21(22-2)25-12-10-24(11-13-25)19-7-6-8-20(18-19)26-3;/h6-8,18H,4-5,9-17H2,1-3H3,(H,22,23);1H. The maximum atomic E-state index is 5.61. The van der Waals surface area contributed by atoms with E-state index in [2.05, 4.69) is 39.2 Å². The molecule has 0 spiro atoms. The normalized spacial score (nSPS) is 14.5. The number of hydrogen-bond donors (Lipinski definition) is 1. The van der Waals surface area contributed by atoms with E-state index in [4.69, 9.17) is 14.2 Å². The minimum Gasteiger partial charge on any atom is -0.497 e. The highest BCUT2D eigenvalue weighted by Crippen LogP contribution is 2.22. The van der Waals surface area contributed by atoms with Crippen molar-refractivity contribution in [2.75, 3.05) is 78.2 Å². The summed E-state index contributed by atoms with van der Waals surface area (Å²) in [4.78, 5) is 9.10. The summed E-state index contributed by atoms with van der Waals surface area (Å²) in [6, 6.07) is 8.24. The summed E-state index contributed by atoms with van der Waals surface area (Å²) in [5.74, 6) is 1.83. The lowest BCUT2D eigenvalue weighted by atomic mass is 10.2. The molecule has 2 rings (SSSR count). The molecule has 0 aromatic heterocycles. The zero-order chi connectivity index (χ0) is 20.0.